The molecule has 0 saturated carbocycles. The summed E-state index contributed by atoms with van der Waals surface area (Å²) in [6, 6.07) is 11.9. The molecule has 126 valence electrons. The quantitative estimate of drug-likeness (QED) is 0.271. The molecule has 0 amide bonds. The van der Waals surface area contributed by atoms with E-state index < -0.39 is 16.9 Å². The smallest absolute Gasteiger partial charge is 0.331 e. The zero-order valence-electron chi connectivity index (χ0n) is 12.8. The summed E-state index contributed by atoms with van der Waals surface area (Å²) in [5, 5.41) is 24.2. The van der Waals surface area contributed by atoms with Gasteiger partial charge >= 0.3 is 5.97 Å². The summed E-state index contributed by atoms with van der Waals surface area (Å²) in [4.78, 5) is 25.5. The van der Waals surface area contributed by atoms with Crippen LogP contribution in [0, 0.1) is 10.1 Å². The summed E-state index contributed by atoms with van der Waals surface area (Å²) in [5.74, 6) is -1.21. The number of carboxylic acid groups (broad SMARTS) is 1. The lowest BCUT2D eigenvalue weighted by atomic mass is 10.0. The third-order valence-corrected chi connectivity index (χ3v) is 4.22. The molecular formula is C17H13N3O4S. The van der Waals surface area contributed by atoms with E-state index in [9.17, 15) is 20.0 Å². The van der Waals surface area contributed by atoms with Crippen LogP contribution in [0.15, 0.2) is 54.7 Å². The number of aromatic amines is 1. The van der Waals surface area contributed by atoms with E-state index in [0.717, 1.165) is 10.9 Å². The van der Waals surface area contributed by atoms with E-state index in [1.807, 2.05) is 24.3 Å². The van der Waals surface area contributed by atoms with Gasteiger partial charge in [0, 0.05) is 28.7 Å². The topological polar surface area (TPSA) is 108 Å². The van der Waals surface area contributed by atoms with Crippen LogP contribution >= 0.6 is 12.2 Å². The second-order valence-corrected chi connectivity index (χ2v) is 5.74. The number of nitro groups is 1. The first-order valence-corrected chi connectivity index (χ1v) is 7.73. The largest absolute Gasteiger partial charge is 0.479 e. The third kappa shape index (κ3) is 3.20. The van der Waals surface area contributed by atoms with Gasteiger partial charge in [-0.05, 0) is 12.1 Å². The molecule has 1 atom stereocenters. The number of hydrogen-bond acceptors (Lipinski definition) is 5. The van der Waals surface area contributed by atoms with Crippen LogP contribution in [0.2, 0.25) is 0 Å². The maximum absolute atomic E-state index is 11.7. The van der Waals surface area contributed by atoms with Gasteiger partial charge in [0.2, 0.25) is 0 Å². The fraction of sp³-hybridized carbons (Fsp3) is 0.0588. The molecule has 1 heterocycles. The molecule has 0 fully saturated rings. The van der Waals surface area contributed by atoms with Crippen LogP contribution < -0.4 is 5.32 Å². The molecule has 0 aliphatic rings. The van der Waals surface area contributed by atoms with Gasteiger partial charge < -0.3 is 15.4 Å². The highest BCUT2D eigenvalue weighted by Crippen LogP contribution is 2.26. The molecule has 8 heteroatoms. The van der Waals surface area contributed by atoms with Gasteiger partial charge in [0.1, 0.15) is 5.69 Å². The highest BCUT2D eigenvalue weighted by atomic mass is 32.1. The number of carbonyl (C=O) groups is 1. The van der Waals surface area contributed by atoms with Crippen molar-refractivity contribution in [3.63, 3.8) is 0 Å². The number of carboxylic acids is 1. The summed E-state index contributed by atoms with van der Waals surface area (Å²) in [7, 11) is 0. The molecular weight excluding hydrogens is 342 g/mol. The molecule has 3 N–H and O–H groups in total. The number of nitrogens with one attached hydrogen (secondary N) is 2. The van der Waals surface area contributed by atoms with Crippen molar-refractivity contribution in [3.8, 4) is 0 Å². The molecule has 2 aromatic carbocycles. The van der Waals surface area contributed by atoms with Crippen LogP contribution in [0.4, 0.5) is 11.4 Å². The predicted molar refractivity (Wildman–Crippen MR) is 98.1 cm³/mol. The molecule has 0 bridgehead atoms. The average Bonchev–Trinajstić information content (AvgIpc) is 3.03. The van der Waals surface area contributed by atoms with Crippen molar-refractivity contribution < 1.29 is 14.8 Å². The number of hydrogen-bond donors (Lipinski definition) is 3. The van der Waals surface area contributed by atoms with E-state index in [1.165, 1.54) is 18.2 Å². The van der Waals surface area contributed by atoms with Crippen LogP contribution in [0.1, 0.15) is 5.56 Å². The van der Waals surface area contributed by atoms with Crippen LogP contribution in [0.25, 0.3) is 10.9 Å². The van der Waals surface area contributed by atoms with E-state index >= 15 is 0 Å². The second-order valence-electron chi connectivity index (χ2n) is 5.30. The Morgan fingerprint density at radius 1 is 1.20 bits per heavy atom. The number of H-pyrrole nitrogens is 1. The van der Waals surface area contributed by atoms with Gasteiger partial charge in [0.15, 0.2) is 6.04 Å². The fourth-order valence-corrected chi connectivity index (χ4v) is 2.91. The lowest BCUT2D eigenvalue weighted by Crippen LogP contribution is -2.37. The number of aromatic nitrogens is 1. The molecule has 7 nitrogen and oxygen atoms in total. The lowest BCUT2D eigenvalue weighted by molar-refractivity contribution is -0.384. The Balaban J connectivity index is 1.98. The Bertz CT molecular complexity index is 983. The highest BCUT2D eigenvalue weighted by Gasteiger charge is 2.27. The van der Waals surface area contributed by atoms with Gasteiger partial charge in [0.25, 0.3) is 5.69 Å². The minimum absolute atomic E-state index is 0.0992. The van der Waals surface area contributed by atoms with Gasteiger partial charge in [-0.15, -0.1) is 0 Å². The Morgan fingerprint density at radius 2 is 1.88 bits per heavy atom. The van der Waals surface area contributed by atoms with Crippen LogP contribution in [0.5, 0.6) is 0 Å². The first-order valence-electron chi connectivity index (χ1n) is 7.32. The molecule has 3 aromatic rings. The molecule has 0 aliphatic heterocycles. The third-order valence-electron chi connectivity index (χ3n) is 3.76. The molecule has 0 saturated heterocycles. The normalized spacial score (nSPS) is 11.8. The van der Waals surface area contributed by atoms with Crippen molar-refractivity contribution in [3.05, 3.63) is 70.4 Å². The van der Waals surface area contributed by atoms with Crippen molar-refractivity contribution in [1.29, 1.82) is 0 Å². The number of fused-ring (bicyclic) bond motifs is 1. The van der Waals surface area contributed by atoms with E-state index in [4.69, 9.17) is 12.2 Å². The van der Waals surface area contributed by atoms with Crippen LogP contribution in [-0.4, -0.2) is 31.9 Å². The highest BCUT2D eigenvalue weighted by molar-refractivity contribution is 7.81. The fourth-order valence-electron chi connectivity index (χ4n) is 2.58. The average molecular weight is 355 g/mol. The van der Waals surface area contributed by atoms with Crippen LogP contribution in [-0.2, 0) is 4.79 Å². The number of nitro benzene ring substituents is 1. The maximum Gasteiger partial charge on any atom is 0.331 e. The number of anilines is 1. The molecule has 0 aliphatic carbocycles. The maximum atomic E-state index is 11.7. The molecule has 3 rings (SSSR count). The first-order chi connectivity index (χ1) is 12.0. The lowest BCUT2D eigenvalue weighted by Gasteiger charge is -2.16. The Labute approximate surface area is 147 Å². The van der Waals surface area contributed by atoms with Crippen molar-refractivity contribution in [1.82, 2.24) is 4.98 Å². The number of thiocarbonyl (C=S) groups is 1. The summed E-state index contributed by atoms with van der Waals surface area (Å²) in [5.41, 5.74) is 1.29. The van der Waals surface area contributed by atoms with Gasteiger partial charge in [-0.3, -0.25) is 10.1 Å². The van der Waals surface area contributed by atoms with E-state index in [2.05, 4.69) is 10.3 Å². The summed E-state index contributed by atoms with van der Waals surface area (Å²) in [6.07, 6.45) is 1.64. The summed E-state index contributed by atoms with van der Waals surface area (Å²) >= 11 is 5.37. The summed E-state index contributed by atoms with van der Waals surface area (Å²) in [6.45, 7) is 0. The monoisotopic (exact) mass is 355 g/mol. The molecule has 25 heavy (non-hydrogen) atoms. The summed E-state index contributed by atoms with van der Waals surface area (Å²) < 4.78 is 0. The Hall–Kier alpha value is -3.26. The van der Waals surface area contributed by atoms with E-state index in [0.29, 0.717) is 5.56 Å². The van der Waals surface area contributed by atoms with E-state index in [-0.39, 0.29) is 16.2 Å². The van der Waals surface area contributed by atoms with Crippen molar-refractivity contribution in [2.75, 3.05) is 5.32 Å². The number of para-hydroxylation sites is 3. The zero-order valence-corrected chi connectivity index (χ0v) is 13.6. The van der Waals surface area contributed by atoms with Gasteiger partial charge in [-0.1, -0.05) is 42.5 Å². The van der Waals surface area contributed by atoms with Crippen molar-refractivity contribution in [2.45, 2.75) is 6.04 Å². The molecule has 0 unspecified atom stereocenters. The molecule has 0 spiro atoms. The molecule has 0 radical (unpaired) electrons. The van der Waals surface area contributed by atoms with Crippen LogP contribution in [0.3, 0.4) is 0 Å². The van der Waals surface area contributed by atoms with Gasteiger partial charge in [-0.2, -0.15) is 0 Å². The predicted octanol–water partition coefficient (Wildman–Crippen LogP) is 3.36. The Kier molecular flexibility index (Phi) is 4.44. The van der Waals surface area contributed by atoms with Crippen molar-refractivity contribution >= 4 is 45.3 Å². The van der Waals surface area contributed by atoms with Gasteiger partial charge in [-0.25, -0.2) is 4.79 Å². The molecule has 1 aromatic heterocycles. The van der Waals surface area contributed by atoms with Crippen molar-refractivity contribution in [2.24, 2.45) is 0 Å². The Morgan fingerprint density at radius 3 is 2.60 bits per heavy atom. The second kappa shape index (κ2) is 6.70. The number of benzene rings is 2. The standard InChI is InChI=1S/C17H13N3O4S/c21-17(22)15(19-13-7-3-4-8-14(13)20(23)24)16(25)11-9-18-12-6-2-1-5-10(11)12/h1-9,15,18-19H,(H,21,22)/t15-/m0/s1. The zero-order chi connectivity index (χ0) is 18.0. The van der Waals surface area contributed by atoms with Gasteiger partial charge in [0.05, 0.1) is 9.79 Å². The number of rotatable bonds is 6. The SMILES string of the molecule is O=C(O)[C@@H](Nc1ccccc1[N+](=O)[O-])C(=S)c1c[nH]c2ccccc12. The number of nitrogens with zero attached hydrogens (tertiary/aromatic N) is 1. The first kappa shape index (κ1) is 16.6. The minimum atomic E-state index is -1.28. The number of aliphatic carboxylic acids is 1. The minimum Gasteiger partial charge on any atom is -0.479 e. The van der Waals surface area contributed by atoms with E-state index in [1.54, 1.807) is 12.3 Å².